The van der Waals surface area contributed by atoms with Crippen molar-refractivity contribution in [1.29, 1.82) is 0 Å². The number of β-amino-alcohol motifs (C(OH)–C–C–N with tert-alkyl or cyclic N) is 1. The molecule has 0 spiro atoms. The van der Waals surface area contributed by atoms with E-state index in [0.717, 1.165) is 0 Å². The first kappa shape index (κ1) is 16.2. The van der Waals surface area contributed by atoms with Crippen molar-refractivity contribution in [2.24, 2.45) is 0 Å². The lowest BCUT2D eigenvalue weighted by molar-refractivity contribution is -0.384. The predicted molar refractivity (Wildman–Crippen MR) is 76.5 cm³/mol. The van der Waals surface area contributed by atoms with E-state index in [2.05, 4.69) is 5.32 Å². The Kier molecular flexibility index (Phi) is 4.57. The first-order valence-electron chi connectivity index (χ1n) is 6.21. The molecule has 0 fully saturated rings. The van der Waals surface area contributed by atoms with Crippen molar-refractivity contribution in [3.63, 3.8) is 0 Å². The number of aliphatic hydroxyl groups is 1. The molecule has 0 saturated heterocycles. The van der Waals surface area contributed by atoms with Crippen molar-refractivity contribution in [3.05, 3.63) is 28.3 Å². The van der Waals surface area contributed by atoms with Crippen molar-refractivity contribution in [1.82, 2.24) is 5.32 Å². The molecule has 112 valence electrons. The number of nitrogen functional groups attached to an aromatic ring is 1. The van der Waals surface area contributed by atoms with E-state index in [1.807, 2.05) is 20.8 Å². The van der Waals surface area contributed by atoms with Gasteiger partial charge in [-0.25, -0.2) is 0 Å². The summed E-state index contributed by atoms with van der Waals surface area (Å²) in [6.45, 7) is 7.46. The number of hydrogen-bond donors (Lipinski definition) is 3. The molecule has 20 heavy (non-hydrogen) atoms. The number of nitrogens with two attached hydrogens (primary N) is 1. The van der Waals surface area contributed by atoms with Gasteiger partial charge in [0, 0.05) is 18.5 Å². The number of benzene rings is 1. The third kappa shape index (κ3) is 4.67. The number of nitro groups is 1. The van der Waals surface area contributed by atoms with Crippen LogP contribution < -0.4 is 15.8 Å². The first-order chi connectivity index (χ1) is 9.02. The van der Waals surface area contributed by atoms with Crippen LogP contribution in [0.5, 0.6) is 5.75 Å². The van der Waals surface area contributed by atoms with E-state index in [4.69, 9.17) is 10.5 Å². The molecule has 0 bridgehead atoms. The van der Waals surface area contributed by atoms with Gasteiger partial charge in [-0.3, -0.25) is 10.1 Å². The number of hydrogen-bond acceptors (Lipinski definition) is 6. The van der Waals surface area contributed by atoms with Gasteiger partial charge in [0.25, 0.3) is 5.69 Å². The van der Waals surface area contributed by atoms with E-state index in [9.17, 15) is 15.2 Å². The number of anilines is 1. The van der Waals surface area contributed by atoms with Crippen LogP contribution in [0.2, 0.25) is 0 Å². The molecule has 0 radical (unpaired) electrons. The summed E-state index contributed by atoms with van der Waals surface area (Å²) in [6.07, 6.45) is 0. The van der Waals surface area contributed by atoms with Crippen LogP contribution in [0.4, 0.5) is 11.4 Å². The van der Waals surface area contributed by atoms with Gasteiger partial charge < -0.3 is 20.9 Å². The molecule has 0 aromatic heterocycles. The zero-order valence-electron chi connectivity index (χ0n) is 12.1. The topological polar surface area (TPSA) is 111 Å². The minimum atomic E-state index is -1.53. The van der Waals surface area contributed by atoms with Crippen LogP contribution in [0.3, 0.4) is 0 Å². The van der Waals surface area contributed by atoms with Crippen molar-refractivity contribution < 1.29 is 14.8 Å². The molecule has 0 saturated carbocycles. The van der Waals surface area contributed by atoms with Crippen molar-refractivity contribution >= 4 is 11.4 Å². The van der Waals surface area contributed by atoms with Gasteiger partial charge in [-0.15, -0.1) is 0 Å². The molecule has 1 rings (SSSR count). The van der Waals surface area contributed by atoms with Crippen LogP contribution in [-0.4, -0.2) is 27.9 Å². The Hall–Kier alpha value is -1.86. The van der Waals surface area contributed by atoms with Crippen molar-refractivity contribution in [3.8, 4) is 5.75 Å². The fourth-order valence-electron chi connectivity index (χ4n) is 1.48. The summed E-state index contributed by atoms with van der Waals surface area (Å²) in [7, 11) is 0. The van der Waals surface area contributed by atoms with Crippen molar-refractivity contribution in [2.45, 2.75) is 39.0 Å². The molecule has 7 nitrogen and oxygen atoms in total. The SMILES string of the molecule is CC(C)(C)NC[C@@](C)(O)Oc1cccc([N+](=O)[O-])c1N. The van der Waals surface area contributed by atoms with Gasteiger partial charge in [-0.1, -0.05) is 6.07 Å². The Morgan fingerprint density at radius 1 is 1.40 bits per heavy atom. The summed E-state index contributed by atoms with van der Waals surface area (Å²) < 4.78 is 5.38. The van der Waals surface area contributed by atoms with Gasteiger partial charge in [0.15, 0.2) is 11.4 Å². The molecule has 7 heteroatoms. The number of nitro benzene ring substituents is 1. The van der Waals surface area contributed by atoms with Crippen LogP contribution in [-0.2, 0) is 0 Å². The van der Waals surface area contributed by atoms with Gasteiger partial charge in [0.05, 0.1) is 11.5 Å². The number of ether oxygens (including phenoxy) is 1. The molecular formula is C13H21N3O4. The monoisotopic (exact) mass is 283 g/mol. The fraction of sp³-hybridized carbons (Fsp3) is 0.538. The predicted octanol–water partition coefficient (Wildman–Crippen LogP) is 1.65. The quantitative estimate of drug-likeness (QED) is 0.328. The number of nitrogens with one attached hydrogen (secondary N) is 1. The van der Waals surface area contributed by atoms with Gasteiger partial charge >= 0.3 is 0 Å². The highest BCUT2D eigenvalue weighted by Gasteiger charge is 2.27. The Morgan fingerprint density at radius 2 is 2.00 bits per heavy atom. The summed E-state index contributed by atoms with van der Waals surface area (Å²) >= 11 is 0. The van der Waals surface area contributed by atoms with E-state index in [-0.39, 0.29) is 29.2 Å². The Morgan fingerprint density at radius 3 is 2.50 bits per heavy atom. The average molecular weight is 283 g/mol. The van der Waals surface area contributed by atoms with Gasteiger partial charge in [-0.05, 0) is 26.8 Å². The number of rotatable bonds is 5. The summed E-state index contributed by atoms with van der Waals surface area (Å²) in [4.78, 5) is 10.2. The summed E-state index contributed by atoms with van der Waals surface area (Å²) in [5.74, 6) is -1.45. The first-order valence-corrected chi connectivity index (χ1v) is 6.21. The largest absolute Gasteiger partial charge is 0.459 e. The lowest BCUT2D eigenvalue weighted by Crippen LogP contribution is -2.49. The minimum Gasteiger partial charge on any atom is -0.459 e. The Labute approximate surface area is 117 Å². The third-order valence-electron chi connectivity index (χ3n) is 2.52. The molecule has 0 amide bonds. The second-order valence-electron chi connectivity index (χ2n) is 5.83. The van der Waals surface area contributed by atoms with Gasteiger partial charge in [0.1, 0.15) is 0 Å². The molecule has 0 aliphatic heterocycles. The molecule has 0 aliphatic rings. The zero-order chi connectivity index (χ0) is 15.6. The minimum absolute atomic E-state index is 0.0832. The normalized spacial score (nSPS) is 14.7. The van der Waals surface area contributed by atoms with E-state index in [1.165, 1.54) is 25.1 Å². The van der Waals surface area contributed by atoms with Gasteiger partial charge in [0.2, 0.25) is 5.79 Å². The maximum atomic E-state index is 10.8. The third-order valence-corrected chi connectivity index (χ3v) is 2.52. The molecule has 0 heterocycles. The highest BCUT2D eigenvalue weighted by molar-refractivity contribution is 5.66. The smallest absolute Gasteiger partial charge is 0.295 e. The second kappa shape index (κ2) is 5.64. The van der Waals surface area contributed by atoms with Crippen LogP contribution in [0.15, 0.2) is 18.2 Å². The van der Waals surface area contributed by atoms with Crippen LogP contribution >= 0.6 is 0 Å². The summed E-state index contributed by atoms with van der Waals surface area (Å²) in [5, 5.41) is 24.1. The molecular weight excluding hydrogens is 262 g/mol. The second-order valence-corrected chi connectivity index (χ2v) is 5.83. The Bertz CT molecular complexity index is 495. The Balaban J connectivity index is 2.87. The van der Waals surface area contributed by atoms with Gasteiger partial charge in [-0.2, -0.15) is 0 Å². The highest BCUT2D eigenvalue weighted by atomic mass is 16.6. The maximum absolute atomic E-state index is 10.8. The van der Waals surface area contributed by atoms with E-state index >= 15 is 0 Å². The average Bonchev–Trinajstić information content (AvgIpc) is 2.28. The molecule has 0 unspecified atom stereocenters. The van der Waals surface area contributed by atoms with Crippen LogP contribution in [0.25, 0.3) is 0 Å². The maximum Gasteiger partial charge on any atom is 0.295 e. The summed E-state index contributed by atoms with van der Waals surface area (Å²) in [5.41, 5.74) is 5.13. The van der Waals surface area contributed by atoms with E-state index < -0.39 is 10.7 Å². The van der Waals surface area contributed by atoms with Crippen LogP contribution in [0, 0.1) is 10.1 Å². The van der Waals surface area contributed by atoms with E-state index in [0.29, 0.717) is 0 Å². The van der Waals surface area contributed by atoms with Crippen LogP contribution in [0.1, 0.15) is 27.7 Å². The summed E-state index contributed by atoms with van der Waals surface area (Å²) in [6, 6.07) is 4.22. The number of para-hydroxylation sites is 1. The van der Waals surface area contributed by atoms with E-state index in [1.54, 1.807) is 0 Å². The highest BCUT2D eigenvalue weighted by Crippen LogP contribution is 2.32. The lowest BCUT2D eigenvalue weighted by Gasteiger charge is -2.30. The molecule has 4 N–H and O–H groups in total. The molecule has 1 aromatic carbocycles. The fourth-order valence-corrected chi connectivity index (χ4v) is 1.48. The molecule has 1 atom stereocenters. The molecule has 1 aromatic rings. The zero-order valence-corrected chi connectivity index (χ0v) is 12.1. The lowest BCUT2D eigenvalue weighted by atomic mass is 10.1. The molecule has 0 aliphatic carbocycles. The number of nitrogens with zero attached hydrogens (tertiary/aromatic N) is 1. The standard InChI is InChI=1S/C13H21N3O4/c1-12(2,3)15-8-13(4,17)20-10-7-5-6-9(11(10)14)16(18)19/h5-7,15,17H,8,14H2,1-4H3/t13-/m0/s1. The van der Waals surface area contributed by atoms with Crippen molar-refractivity contribution in [2.75, 3.05) is 12.3 Å².